The lowest BCUT2D eigenvalue weighted by Crippen LogP contribution is -2.27. The summed E-state index contributed by atoms with van der Waals surface area (Å²) in [6, 6.07) is 1.99. The van der Waals surface area contributed by atoms with Crippen molar-refractivity contribution in [3.05, 3.63) is 0 Å². The number of carbonyl (C=O) groups excluding carboxylic acids is 1. The van der Waals surface area contributed by atoms with Crippen molar-refractivity contribution in [3.63, 3.8) is 0 Å². The Kier molecular flexibility index (Phi) is 6.93. The van der Waals surface area contributed by atoms with E-state index in [1.54, 1.807) is 11.9 Å². The molecule has 0 unspecified atom stereocenters. The number of rotatable bonds is 6. The van der Waals surface area contributed by atoms with Crippen LogP contribution in [0.25, 0.3) is 0 Å². The Labute approximate surface area is 78.8 Å². The van der Waals surface area contributed by atoms with E-state index in [2.05, 4.69) is 0 Å². The van der Waals surface area contributed by atoms with E-state index in [0.29, 0.717) is 32.2 Å². The molecule has 0 aliphatic rings. The molecule has 0 rings (SSSR count). The van der Waals surface area contributed by atoms with Gasteiger partial charge in [-0.05, 0) is 12.8 Å². The summed E-state index contributed by atoms with van der Waals surface area (Å²) in [7, 11) is 1.69. The number of hydrogen-bond donors (Lipinski definition) is 1. The van der Waals surface area contributed by atoms with Crippen molar-refractivity contribution >= 4 is 5.91 Å². The molecule has 0 aromatic carbocycles. The van der Waals surface area contributed by atoms with Gasteiger partial charge in [-0.1, -0.05) is 0 Å². The lowest BCUT2D eigenvalue weighted by Gasteiger charge is -2.14. The summed E-state index contributed by atoms with van der Waals surface area (Å²) in [5, 5.41) is 16.8. The van der Waals surface area contributed by atoms with Crippen LogP contribution in [-0.4, -0.2) is 36.1 Å². The van der Waals surface area contributed by atoms with Crippen LogP contribution in [0.1, 0.15) is 25.7 Å². The predicted octanol–water partition coefficient (Wildman–Crippen LogP) is 0.521. The zero-order chi connectivity index (χ0) is 10.1. The Morgan fingerprint density at radius 2 is 2.23 bits per heavy atom. The standard InChI is InChI=1S/C9H16N2O2/c1-11(7-4-6-10)9(13)5-2-3-8-12/h12H,2-5,7-8H2,1H3. The first-order chi connectivity index (χ1) is 6.22. The quantitative estimate of drug-likeness (QED) is 0.612. The van der Waals surface area contributed by atoms with Crippen molar-refractivity contribution in [2.45, 2.75) is 25.7 Å². The first-order valence-electron chi connectivity index (χ1n) is 4.44. The molecule has 0 saturated heterocycles. The molecule has 0 heterocycles. The minimum atomic E-state index is 0.0451. The lowest BCUT2D eigenvalue weighted by molar-refractivity contribution is -0.129. The number of hydrogen-bond acceptors (Lipinski definition) is 3. The average Bonchev–Trinajstić information content (AvgIpc) is 2.14. The van der Waals surface area contributed by atoms with Crippen LogP contribution in [0.2, 0.25) is 0 Å². The first kappa shape index (κ1) is 11.9. The molecule has 0 aromatic rings. The molecule has 1 N–H and O–H groups in total. The van der Waals surface area contributed by atoms with Gasteiger partial charge in [-0.25, -0.2) is 0 Å². The maximum atomic E-state index is 11.3. The molecule has 13 heavy (non-hydrogen) atoms. The zero-order valence-electron chi connectivity index (χ0n) is 7.99. The number of nitrogens with zero attached hydrogens (tertiary/aromatic N) is 2. The van der Waals surface area contributed by atoms with E-state index >= 15 is 0 Å². The second-order valence-electron chi connectivity index (χ2n) is 2.90. The summed E-state index contributed by atoms with van der Waals surface area (Å²) in [5.74, 6) is 0.0451. The molecule has 0 radical (unpaired) electrons. The molecule has 0 bridgehead atoms. The van der Waals surface area contributed by atoms with Gasteiger partial charge < -0.3 is 10.0 Å². The van der Waals surface area contributed by atoms with Crippen molar-refractivity contribution in [2.24, 2.45) is 0 Å². The zero-order valence-corrected chi connectivity index (χ0v) is 7.99. The van der Waals surface area contributed by atoms with Gasteiger partial charge in [0.05, 0.1) is 12.5 Å². The lowest BCUT2D eigenvalue weighted by atomic mass is 10.2. The van der Waals surface area contributed by atoms with Gasteiger partial charge in [0, 0.05) is 26.6 Å². The number of unbranched alkanes of at least 4 members (excludes halogenated alkanes) is 1. The second-order valence-corrected chi connectivity index (χ2v) is 2.90. The fraction of sp³-hybridized carbons (Fsp3) is 0.778. The van der Waals surface area contributed by atoms with E-state index in [1.165, 1.54) is 0 Å². The number of aliphatic hydroxyl groups is 1. The molecule has 0 aliphatic heterocycles. The molecular formula is C9H16N2O2. The van der Waals surface area contributed by atoms with Crippen LogP contribution >= 0.6 is 0 Å². The van der Waals surface area contributed by atoms with E-state index in [4.69, 9.17) is 10.4 Å². The highest BCUT2D eigenvalue weighted by Crippen LogP contribution is 1.99. The van der Waals surface area contributed by atoms with Crippen molar-refractivity contribution in [3.8, 4) is 6.07 Å². The van der Waals surface area contributed by atoms with Gasteiger partial charge in [-0.3, -0.25) is 4.79 Å². The Hall–Kier alpha value is -1.08. The SMILES string of the molecule is CN(CCC#N)C(=O)CCCCO. The molecule has 0 fully saturated rings. The van der Waals surface area contributed by atoms with Crippen LogP contribution in [-0.2, 0) is 4.79 Å². The molecule has 4 nitrogen and oxygen atoms in total. The highest BCUT2D eigenvalue weighted by molar-refractivity contribution is 5.75. The van der Waals surface area contributed by atoms with Gasteiger partial charge in [-0.2, -0.15) is 5.26 Å². The van der Waals surface area contributed by atoms with Gasteiger partial charge in [-0.15, -0.1) is 0 Å². The smallest absolute Gasteiger partial charge is 0.222 e. The van der Waals surface area contributed by atoms with Crippen LogP contribution in [0.4, 0.5) is 0 Å². The van der Waals surface area contributed by atoms with Gasteiger partial charge in [0.25, 0.3) is 0 Å². The van der Waals surface area contributed by atoms with Crippen LogP contribution < -0.4 is 0 Å². The average molecular weight is 184 g/mol. The van der Waals surface area contributed by atoms with Crippen LogP contribution in [0.3, 0.4) is 0 Å². The number of nitriles is 1. The summed E-state index contributed by atoms with van der Waals surface area (Å²) in [6.07, 6.45) is 2.22. The fourth-order valence-corrected chi connectivity index (χ4v) is 0.921. The van der Waals surface area contributed by atoms with Crippen LogP contribution in [0.5, 0.6) is 0 Å². The maximum Gasteiger partial charge on any atom is 0.222 e. The topological polar surface area (TPSA) is 64.3 Å². The molecule has 0 aliphatic carbocycles. The summed E-state index contributed by atoms with van der Waals surface area (Å²) >= 11 is 0. The molecule has 0 atom stereocenters. The fourth-order valence-electron chi connectivity index (χ4n) is 0.921. The Bertz CT molecular complexity index is 187. The molecule has 74 valence electrons. The normalized spacial score (nSPS) is 9.31. The predicted molar refractivity (Wildman–Crippen MR) is 48.8 cm³/mol. The van der Waals surface area contributed by atoms with Crippen molar-refractivity contribution in [1.82, 2.24) is 4.90 Å². The van der Waals surface area contributed by atoms with E-state index < -0.39 is 0 Å². The monoisotopic (exact) mass is 184 g/mol. The number of aliphatic hydroxyl groups excluding tert-OH is 1. The van der Waals surface area contributed by atoms with Crippen LogP contribution in [0, 0.1) is 11.3 Å². The molecule has 0 aromatic heterocycles. The first-order valence-corrected chi connectivity index (χ1v) is 4.44. The summed E-state index contributed by atoms with van der Waals surface area (Å²) in [5.41, 5.74) is 0. The van der Waals surface area contributed by atoms with Crippen LogP contribution in [0.15, 0.2) is 0 Å². The Morgan fingerprint density at radius 1 is 1.54 bits per heavy atom. The van der Waals surface area contributed by atoms with Gasteiger partial charge >= 0.3 is 0 Å². The molecule has 0 spiro atoms. The van der Waals surface area contributed by atoms with Gasteiger partial charge in [0.2, 0.25) is 5.91 Å². The van der Waals surface area contributed by atoms with E-state index in [-0.39, 0.29) is 12.5 Å². The molecule has 0 saturated carbocycles. The highest BCUT2D eigenvalue weighted by atomic mass is 16.2. The summed E-state index contributed by atoms with van der Waals surface area (Å²) < 4.78 is 0. The summed E-state index contributed by atoms with van der Waals surface area (Å²) in [4.78, 5) is 12.8. The third-order valence-electron chi connectivity index (χ3n) is 1.78. The maximum absolute atomic E-state index is 11.3. The number of amides is 1. The van der Waals surface area contributed by atoms with E-state index in [0.717, 1.165) is 0 Å². The minimum absolute atomic E-state index is 0.0451. The number of carbonyl (C=O) groups is 1. The molecule has 1 amide bonds. The largest absolute Gasteiger partial charge is 0.396 e. The second kappa shape index (κ2) is 7.56. The van der Waals surface area contributed by atoms with Crippen molar-refractivity contribution < 1.29 is 9.90 Å². The Morgan fingerprint density at radius 3 is 2.77 bits per heavy atom. The highest BCUT2D eigenvalue weighted by Gasteiger charge is 2.06. The Balaban J connectivity index is 3.52. The minimum Gasteiger partial charge on any atom is -0.396 e. The molecular weight excluding hydrogens is 168 g/mol. The third kappa shape index (κ3) is 6.12. The van der Waals surface area contributed by atoms with Crippen molar-refractivity contribution in [2.75, 3.05) is 20.2 Å². The third-order valence-corrected chi connectivity index (χ3v) is 1.78. The van der Waals surface area contributed by atoms with Crippen molar-refractivity contribution in [1.29, 1.82) is 5.26 Å². The van der Waals surface area contributed by atoms with Gasteiger partial charge in [0.1, 0.15) is 0 Å². The molecule has 4 heteroatoms. The van der Waals surface area contributed by atoms with Gasteiger partial charge in [0.15, 0.2) is 0 Å². The summed E-state index contributed by atoms with van der Waals surface area (Å²) in [6.45, 7) is 0.629. The van der Waals surface area contributed by atoms with E-state index in [9.17, 15) is 4.79 Å². The van der Waals surface area contributed by atoms with E-state index in [1.807, 2.05) is 6.07 Å².